The van der Waals surface area contributed by atoms with Crippen molar-refractivity contribution >= 4 is 17.7 Å². The lowest BCUT2D eigenvalue weighted by molar-refractivity contribution is 0.0943. The second-order valence-electron chi connectivity index (χ2n) is 6.75. The molecule has 26 heavy (non-hydrogen) atoms. The van der Waals surface area contributed by atoms with Crippen molar-refractivity contribution in [3.05, 3.63) is 60.2 Å². The number of benzene rings is 2. The molecule has 2 aromatic carbocycles. The normalized spacial score (nSPS) is 14.8. The highest BCUT2D eigenvalue weighted by molar-refractivity contribution is 7.99. The van der Waals surface area contributed by atoms with Crippen molar-refractivity contribution in [2.24, 2.45) is 5.92 Å². The third kappa shape index (κ3) is 6.10. The third-order valence-electron chi connectivity index (χ3n) is 4.76. The lowest BCUT2D eigenvalue weighted by atomic mass is 9.89. The van der Waals surface area contributed by atoms with Gasteiger partial charge in [-0.3, -0.25) is 4.79 Å². The van der Waals surface area contributed by atoms with E-state index < -0.39 is 0 Å². The zero-order valence-corrected chi connectivity index (χ0v) is 16.0. The molecule has 1 aliphatic rings. The number of nitrogens with one attached hydrogen (secondary N) is 1. The van der Waals surface area contributed by atoms with Crippen LogP contribution in [0.5, 0.6) is 5.75 Å². The van der Waals surface area contributed by atoms with Crippen LogP contribution in [0.3, 0.4) is 0 Å². The maximum atomic E-state index is 12.3. The van der Waals surface area contributed by atoms with E-state index in [1.807, 2.05) is 42.5 Å². The van der Waals surface area contributed by atoms with Gasteiger partial charge in [0.15, 0.2) is 0 Å². The predicted molar refractivity (Wildman–Crippen MR) is 108 cm³/mol. The van der Waals surface area contributed by atoms with Crippen LogP contribution in [0.15, 0.2) is 59.5 Å². The van der Waals surface area contributed by atoms with Gasteiger partial charge in [-0.15, -0.1) is 11.8 Å². The van der Waals surface area contributed by atoms with E-state index in [1.54, 1.807) is 11.8 Å². The topological polar surface area (TPSA) is 38.3 Å². The minimum absolute atomic E-state index is 0.0155. The lowest BCUT2D eigenvalue weighted by Crippen LogP contribution is -2.30. The van der Waals surface area contributed by atoms with Gasteiger partial charge in [0.1, 0.15) is 5.75 Å². The SMILES string of the molecule is O=C(NCC1CCCCC1)c1ccc(OCCSc2ccccc2)cc1. The highest BCUT2D eigenvalue weighted by Crippen LogP contribution is 2.23. The summed E-state index contributed by atoms with van der Waals surface area (Å²) in [7, 11) is 0. The molecule has 138 valence electrons. The van der Waals surface area contributed by atoms with Crippen LogP contribution in [0.2, 0.25) is 0 Å². The second kappa shape index (κ2) is 10.3. The Kier molecular flexibility index (Phi) is 7.44. The zero-order valence-electron chi connectivity index (χ0n) is 15.2. The Hall–Kier alpha value is -1.94. The summed E-state index contributed by atoms with van der Waals surface area (Å²) in [5, 5.41) is 3.08. The fourth-order valence-electron chi connectivity index (χ4n) is 3.27. The summed E-state index contributed by atoms with van der Waals surface area (Å²) in [6.07, 6.45) is 6.43. The Morgan fingerprint density at radius 3 is 2.46 bits per heavy atom. The van der Waals surface area contributed by atoms with Crippen LogP contribution in [0, 0.1) is 5.92 Å². The molecule has 3 rings (SSSR count). The molecule has 0 bridgehead atoms. The maximum Gasteiger partial charge on any atom is 0.251 e. The second-order valence-corrected chi connectivity index (χ2v) is 7.92. The number of rotatable bonds is 8. The van der Waals surface area contributed by atoms with Crippen molar-refractivity contribution in [2.75, 3.05) is 18.9 Å². The summed E-state index contributed by atoms with van der Waals surface area (Å²) in [6.45, 7) is 1.45. The van der Waals surface area contributed by atoms with Gasteiger partial charge in [-0.25, -0.2) is 0 Å². The average Bonchev–Trinajstić information content (AvgIpc) is 2.71. The van der Waals surface area contributed by atoms with Gasteiger partial charge >= 0.3 is 0 Å². The number of carbonyl (C=O) groups is 1. The maximum absolute atomic E-state index is 12.3. The molecule has 1 amide bonds. The highest BCUT2D eigenvalue weighted by Gasteiger charge is 2.14. The fourth-order valence-corrected chi connectivity index (χ4v) is 4.02. The largest absolute Gasteiger partial charge is 0.493 e. The van der Waals surface area contributed by atoms with Crippen LogP contribution in [0.4, 0.5) is 0 Å². The van der Waals surface area contributed by atoms with Gasteiger partial charge in [0.2, 0.25) is 0 Å². The number of hydrogen-bond donors (Lipinski definition) is 1. The third-order valence-corrected chi connectivity index (χ3v) is 5.73. The molecule has 1 saturated carbocycles. The van der Waals surface area contributed by atoms with Crippen molar-refractivity contribution in [3.63, 3.8) is 0 Å². The first-order chi connectivity index (χ1) is 12.8. The van der Waals surface area contributed by atoms with Gasteiger partial charge in [-0.2, -0.15) is 0 Å². The van der Waals surface area contributed by atoms with Crippen LogP contribution in [-0.4, -0.2) is 24.8 Å². The minimum Gasteiger partial charge on any atom is -0.493 e. The molecule has 0 aromatic heterocycles. The molecule has 1 aliphatic carbocycles. The Balaban J connectivity index is 1.37. The lowest BCUT2D eigenvalue weighted by Gasteiger charge is -2.21. The van der Waals surface area contributed by atoms with Gasteiger partial charge in [-0.1, -0.05) is 37.5 Å². The predicted octanol–water partition coefficient (Wildman–Crippen LogP) is 5.17. The summed E-state index contributed by atoms with van der Waals surface area (Å²) in [4.78, 5) is 13.5. The van der Waals surface area contributed by atoms with Crippen molar-refractivity contribution in [3.8, 4) is 5.75 Å². The average molecular weight is 370 g/mol. The molecule has 4 heteroatoms. The van der Waals surface area contributed by atoms with E-state index in [9.17, 15) is 4.79 Å². The van der Waals surface area contributed by atoms with E-state index in [4.69, 9.17) is 4.74 Å². The minimum atomic E-state index is 0.0155. The fraction of sp³-hybridized carbons (Fsp3) is 0.409. The summed E-state index contributed by atoms with van der Waals surface area (Å²) in [6, 6.07) is 17.8. The Bertz CT molecular complexity index is 666. The molecule has 0 radical (unpaired) electrons. The Morgan fingerprint density at radius 1 is 1.00 bits per heavy atom. The molecule has 3 nitrogen and oxygen atoms in total. The van der Waals surface area contributed by atoms with E-state index in [0.717, 1.165) is 18.0 Å². The summed E-state index contributed by atoms with van der Waals surface area (Å²) in [5.74, 6) is 2.37. The van der Waals surface area contributed by atoms with Crippen LogP contribution in [0.1, 0.15) is 42.5 Å². The summed E-state index contributed by atoms with van der Waals surface area (Å²) < 4.78 is 5.77. The van der Waals surface area contributed by atoms with Crippen molar-refractivity contribution in [1.29, 1.82) is 0 Å². The van der Waals surface area contributed by atoms with Gasteiger partial charge in [0.25, 0.3) is 5.91 Å². The van der Waals surface area contributed by atoms with Gasteiger partial charge in [-0.05, 0) is 55.2 Å². The standard InChI is InChI=1S/C22H27NO2S/c24-22(23-17-18-7-3-1-4-8-18)19-11-13-20(14-12-19)25-15-16-26-21-9-5-2-6-10-21/h2,5-6,9-14,18H,1,3-4,7-8,15-17H2,(H,23,24). The quantitative estimate of drug-likeness (QED) is 0.515. The number of amides is 1. The molecule has 0 atom stereocenters. The van der Waals surface area contributed by atoms with E-state index >= 15 is 0 Å². The highest BCUT2D eigenvalue weighted by atomic mass is 32.2. The van der Waals surface area contributed by atoms with E-state index in [0.29, 0.717) is 18.1 Å². The number of thioether (sulfide) groups is 1. The van der Waals surface area contributed by atoms with Crippen LogP contribution >= 0.6 is 11.8 Å². The molecule has 0 heterocycles. The van der Waals surface area contributed by atoms with E-state index in [-0.39, 0.29) is 5.91 Å². The Labute approximate surface area is 160 Å². The first-order valence-corrected chi connectivity index (χ1v) is 10.5. The monoisotopic (exact) mass is 369 g/mol. The first kappa shape index (κ1) is 18.8. The number of ether oxygens (including phenoxy) is 1. The van der Waals surface area contributed by atoms with Crippen molar-refractivity contribution in [1.82, 2.24) is 5.32 Å². The molecule has 1 fully saturated rings. The molecule has 1 N–H and O–H groups in total. The van der Waals surface area contributed by atoms with E-state index in [2.05, 4.69) is 17.4 Å². The van der Waals surface area contributed by atoms with Gasteiger partial charge in [0.05, 0.1) is 6.61 Å². The smallest absolute Gasteiger partial charge is 0.251 e. The first-order valence-electron chi connectivity index (χ1n) is 9.50. The van der Waals surface area contributed by atoms with Gasteiger partial charge < -0.3 is 10.1 Å². The van der Waals surface area contributed by atoms with Crippen LogP contribution < -0.4 is 10.1 Å². The van der Waals surface area contributed by atoms with E-state index in [1.165, 1.54) is 37.0 Å². The van der Waals surface area contributed by atoms with Crippen LogP contribution in [-0.2, 0) is 0 Å². The van der Waals surface area contributed by atoms with Gasteiger partial charge in [0, 0.05) is 22.8 Å². The zero-order chi connectivity index (χ0) is 18.0. The van der Waals surface area contributed by atoms with Crippen molar-refractivity contribution in [2.45, 2.75) is 37.0 Å². The molecule has 0 aliphatic heterocycles. The molecular formula is C22H27NO2S. The number of hydrogen-bond acceptors (Lipinski definition) is 3. The summed E-state index contributed by atoms with van der Waals surface area (Å²) >= 11 is 1.78. The van der Waals surface area contributed by atoms with Crippen molar-refractivity contribution < 1.29 is 9.53 Å². The number of carbonyl (C=O) groups excluding carboxylic acids is 1. The molecule has 0 saturated heterocycles. The molecular weight excluding hydrogens is 342 g/mol. The Morgan fingerprint density at radius 2 is 1.73 bits per heavy atom. The summed E-state index contributed by atoms with van der Waals surface area (Å²) in [5.41, 5.74) is 0.701. The van der Waals surface area contributed by atoms with Crippen LogP contribution in [0.25, 0.3) is 0 Å². The molecule has 2 aromatic rings. The molecule has 0 unspecified atom stereocenters. The molecule has 0 spiro atoms.